The summed E-state index contributed by atoms with van der Waals surface area (Å²) in [6.45, 7) is 0.323. The molecule has 1 unspecified atom stereocenters. The number of fused-ring (bicyclic) bond motifs is 1. The summed E-state index contributed by atoms with van der Waals surface area (Å²) in [4.78, 5) is 31.1. The molecule has 0 saturated heterocycles. The first kappa shape index (κ1) is 22.4. The van der Waals surface area contributed by atoms with Gasteiger partial charge < -0.3 is 20.0 Å². The summed E-state index contributed by atoms with van der Waals surface area (Å²) < 4.78 is 44.5. The van der Waals surface area contributed by atoms with E-state index in [4.69, 9.17) is 4.42 Å². The molecular formula is C23H21F3N4O3. The van der Waals surface area contributed by atoms with Gasteiger partial charge in [-0.25, -0.2) is 4.98 Å². The Morgan fingerprint density at radius 1 is 1.06 bits per heavy atom. The summed E-state index contributed by atoms with van der Waals surface area (Å²) >= 11 is 0. The van der Waals surface area contributed by atoms with Crippen molar-refractivity contribution in [3.63, 3.8) is 0 Å². The number of hydrogen-bond acceptors (Lipinski definition) is 5. The molecule has 33 heavy (non-hydrogen) atoms. The SMILES string of the molecule is O=C(NCCNc1ncccc1C(F)(F)F)C1Cc2ccccc2CN1C(=O)c1ccco1. The molecule has 1 atom stereocenters. The van der Waals surface area contributed by atoms with Crippen molar-refractivity contribution in [2.45, 2.75) is 25.2 Å². The predicted octanol–water partition coefficient (Wildman–Crippen LogP) is 3.49. The highest BCUT2D eigenvalue weighted by Gasteiger charge is 2.36. The van der Waals surface area contributed by atoms with Gasteiger partial charge in [-0.3, -0.25) is 9.59 Å². The highest BCUT2D eigenvalue weighted by molar-refractivity contribution is 5.96. The molecule has 2 N–H and O–H groups in total. The molecule has 0 spiro atoms. The van der Waals surface area contributed by atoms with Gasteiger partial charge in [0.2, 0.25) is 5.91 Å². The maximum absolute atomic E-state index is 13.1. The molecule has 0 aliphatic carbocycles. The fraction of sp³-hybridized carbons (Fsp3) is 0.261. The fourth-order valence-electron chi connectivity index (χ4n) is 3.77. The van der Waals surface area contributed by atoms with Gasteiger partial charge in [-0.05, 0) is 35.4 Å². The minimum Gasteiger partial charge on any atom is -0.459 e. The van der Waals surface area contributed by atoms with Crippen LogP contribution in [0.25, 0.3) is 0 Å². The normalized spacial score (nSPS) is 15.6. The molecule has 7 nitrogen and oxygen atoms in total. The van der Waals surface area contributed by atoms with Crippen LogP contribution in [0.2, 0.25) is 0 Å². The van der Waals surface area contributed by atoms with Crippen LogP contribution in [0, 0.1) is 0 Å². The Balaban J connectivity index is 1.42. The van der Waals surface area contributed by atoms with Gasteiger partial charge in [0, 0.05) is 32.3 Å². The van der Waals surface area contributed by atoms with Crippen LogP contribution in [0.1, 0.15) is 27.2 Å². The van der Waals surface area contributed by atoms with E-state index >= 15 is 0 Å². The Bertz CT molecular complexity index is 1130. The lowest BCUT2D eigenvalue weighted by molar-refractivity contribution is -0.137. The Morgan fingerprint density at radius 2 is 1.85 bits per heavy atom. The smallest absolute Gasteiger partial charge is 0.419 e. The first-order chi connectivity index (χ1) is 15.8. The number of carbonyl (C=O) groups excluding carboxylic acids is 2. The molecule has 0 fully saturated rings. The number of nitrogens with zero attached hydrogens (tertiary/aromatic N) is 2. The third-order valence-corrected chi connectivity index (χ3v) is 5.37. The van der Waals surface area contributed by atoms with Gasteiger partial charge in [0.05, 0.1) is 11.8 Å². The van der Waals surface area contributed by atoms with Crippen LogP contribution < -0.4 is 10.6 Å². The zero-order valence-corrected chi connectivity index (χ0v) is 17.4. The van der Waals surface area contributed by atoms with Crippen molar-refractivity contribution in [1.82, 2.24) is 15.2 Å². The number of alkyl halides is 3. The second-order valence-corrected chi connectivity index (χ2v) is 7.51. The lowest BCUT2D eigenvalue weighted by Gasteiger charge is -2.35. The first-order valence-electron chi connectivity index (χ1n) is 10.3. The molecule has 3 heterocycles. The minimum atomic E-state index is -4.54. The highest BCUT2D eigenvalue weighted by Crippen LogP contribution is 2.33. The Labute approximate surface area is 187 Å². The van der Waals surface area contributed by atoms with Crippen molar-refractivity contribution >= 4 is 17.6 Å². The van der Waals surface area contributed by atoms with Crippen molar-refractivity contribution in [3.05, 3.63) is 83.4 Å². The second kappa shape index (κ2) is 9.35. The van der Waals surface area contributed by atoms with Crippen LogP contribution in [0.4, 0.5) is 19.0 Å². The lowest BCUT2D eigenvalue weighted by Crippen LogP contribution is -2.53. The van der Waals surface area contributed by atoms with E-state index in [0.29, 0.717) is 6.42 Å². The maximum atomic E-state index is 13.1. The monoisotopic (exact) mass is 458 g/mol. The molecule has 172 valence electrons. The summed E-state index contributed by atoms with van der Waals surface area (Å²) in [6.07, 6.45) is -1.57. The van der Waals surface area contributed by atoms with Gasteiger partial charge in [-0.2, -0.15) is 13.2 Å². The third kappa shape index (κ3) is 5.00. The number of carbonyl (C=O) groups is 2. The summed E-state index contributed by atoms with van der Waals surface area (Å²) in [6, 6.07) is 12.0. The van der Waals surface area contributed by atoms with Gasteiger partial charge in [-0.1, -0.05) is 24.3 Å². The molecule has 10 heteroatoms. The van der Waals surface area contributed by atoms with E-state index in [1.165, 1.54) is 29.5 Å². The van der Waals surface area contributed by atoms with Gasteiger partial charge in [-0.15, -0.1) is 0 Å². The predicted molar refractivity (Wildman–Crippen MR) is 113 cm³/mol. The van der Waals surface area contributed by atoms with Crippen molar-refractivity contribution < 1.29 is 27.2 Å². The molecule has 2 amide bonds. The molecular weight excluding hydrogens is 437 g/mol. The number of amides is 2. The van der Waals surface area contributed by atoms with Crippen molar-refractivity contribution in [3.8, 4) is 0 Å². The van der Waals surface area contributed by atoms with E-state index in [1.807, 2.05) is 24.3 Å². The quantitative estimate of drug-likeness (QED) is 0.553. The molecule has 4 rings (SSSR count). The number of rotatable bonds is 6. The van der Waals surface area contributed by atoms with Crippen LogP contribution in [0.3, 0.4) is 0 Å². The highest BCUT2D eigenvalue weighted by atomic mass is 19.4. The van der Waals surface area contributed by atoms with E-state index in [1.54, 1.807) is 6.07 Å². The molecule has 1 aromatic carbocycles. The summed E-state index contributed by atoms with van der Waals surface area (Å²) in [5.41, 5.74) is 1.02. The third-order valence-electron chi connectivity index (χ3n) is 5.37. The van der Waals surface area contributed by atoms with Crippen molar-refractivity contribution in [1.29, 1.82) is 0 Å². The topological polar surface area (TPSA) is 87.5 Å². The molecule has 1 aliphatic heterocycles. The van der Waals surface area contributed by atoms with Crippen LogP contribution in [-0.2, 0) is 23.9 Å². The number of anilines is 1. The van der Waals surface area contributed by atoms with E-state index < -0.39 is 29.6 Å². The van der Waals surface area contributed by atoms with Crippen molar-refractivity contribution in [2.24, 2.45) is 0 Å². The van der Waals surface area contributed by atoms with Gasteiger partial charge >= 0.3 is 6.18 Å². The average Bonchev–Trinajstić information content (AvgIpc) is 3.35. The number of pyridine rings is 1. The van der Waals surface area contributed by atoms with E-state index in [9.17, 15) is 22.8 Å². The molecule has 0 saturated carbocycles. The average molecular weight is 458 g/mol. The first-order valence-corrected chi connectivity index (χ1v) is 10.3. The van der Waals surface area contributed by atoms with E-state index in [0.717, 1.165) is 17.2 Å². The Kier molecular flexibility index (Phi) is 6.34. The van der Waals surface area contributed by atoms with Gasteiger partial charge in [0.1, 0.15) is 11.9 Å². The van der Waals surface area contributed by atoms with Crippen LogP contribution in [0.15, 0.2) is 65.4 Å². The standard InChI is InChI=1S/C23H21F3N4O3/c24-23(25,26)17-7-3-9-27-20(17)28-10-11-29-21(31)18-13-15-5-1-2-6-16(15)14-30(18)22(32)19-8-4-12-33-19/h1-9,12,18H,10-11,13-14H2,(H,27,28)(H,29,31). The zero-order chi connectivity index (χ0) is 23.4. The zero-order valence-electron chi connectivity index (χ0n) is 17.4. The Morgan fingerprint density at radius 3 is 2.58 bits per heavy atom. The van der Waals surface area contributed by atoms with E-state index in [-0.39, 0.29) is 31.2 Å². The van der Waals surface area contributed by atoms with Crippen molar-refractivity contribution in [2.75, 3.05) is 18.4 Å². The molecule has 1 aliphatic rings. The van der Waals surface area contributed by atoms with Crippen LogP contribution in [0.5, 0.6) is 0 Å². The molecule has 3 aromatic rings. The number of nitrogens with one attached hydrogen (secondary N) is 2. The lowest BCUT2D eigenvalue weighted by atomic mass is 9.93. The number of hydrogen-bond donors (Lipinski definition) is 2. The van der Waals surface area contributed by atoms with Crippen LogP contribution >= 0.6 is 0 Å². The second-order valence-electron chi connectivity index (χ2n) is 7.51. The summed E-state index contributed by atoms with van der Waals surface area (Å²) in [5, 5.41) is 5.32. The summed E-state index contributed by atoms with van der Waals surface area (Å²) in [5.74, 6) is -0.983. The molecule has 0 radical (unpaired) electrons. The van der Waals surface area contributed by atoms with Crippen LogP contribution in [-0.4, -0.2) is 40.8 Å². The Hall–Kier alpha value is -3.82. The molecule has 0 bridgehead atoms. The molecule has 2 aromatic heterocycles. The fourth-order valence-corrected chi connectivity index (χ4v) is 3.77. The largest absolute Gasteiger partial charge is 0.459 e. The maximum Gasteiger partial charge on any atom is 0.419 e. The number of halogens is 3. The van der Waals surface area contributed by atoms with E-state index in [2.05, 4.69) is 15.6 Å². The number of aromatic nitrogens is 1. The summed E-state index contributed by atoms with van der Waals surface area (Å²) in [7, 11) is 0. The number of benzene rings is 1. The van der Waals surface area contributed by atoms with Gasteiger partial charge in [0.15, 0.2) is 5.76 Å². The number of furan rings is 1. The van der Waals surface area contributed by atoms with Gasteiger partial charge in [0.25, 0.3) is 5.91 Å². The minimum absolute atomic E-state index is 0.0290.